The topological polar surface area (TPSA) is 80.6 Å². The van der Waals surface area contributed by atoms with E-state index in [1.54, 1.807) is 36.4 Å². The molecule has 3 aromatic carbocycles. The molecule has 2 N–H and O–H groups in total. The minimum absolute atomic E-state index is 0.0438. The van der Waals surface area contributed by atoms with Crippen LogP contribution in [0.5, 0.6) is 5.75 Å². The van der Waals surface area contributed by atoms with E-state index in [2.05, 4.69) is 10.6 Å². The molecule has 0 bridgehead atoms. The van der Waals surface area contributed by atoms with E-state index in [0.29, 0.717) is 38.7 Å². The first kappa shape index (κ1) is 20.5. The summed E-state index contributed by atoms with van der Waals surface area (Å²) in [6.45, 7) is -0.0438. The highest BCUT2D eigenvalue weighted by Crippen LogP contribution is 2.32. The van der Waals surface area contributed by atoms with E-state index in [0.717, 1.165) is 0 Å². The minimum atomic E-state index is -0.412. The van der Waals surface area contributed by atoms with Crippen molar-refractivity contribution in [1.29, 1.82) is 0 Å². The van der Waals surface area contributed by atoms with E-state index in [9.17, 15) is 9.59 Å². The number of ether oxygens (including phenoxy) is 1. The Morgan fingerprint density at radius 1 is 1.00 bits per heavy atom. The lowest BCUT2D eigenvalue weighted by Crippen LogP contribution is -2.17. The second-order valence-corrected chi connectivity index (χ2v) is 7.16. The highest BCUT2D eigenvalue weighted by Gasteiger charge is 2.21. The van der Waals surface area contributed by atoms with Crippen molar-refractivity contribution in [1.82, 2.24) is 0 Å². The number of hydrogen-bond acceptors (Lipinski definition) is 5. The van der Waals surface area contributed by atoms with E-state index >= 15 is 0 Å². The minimum Gasteiger partial charge on any atom is -0.495 e. The second-order valence-electron chi connectivity index (χ2n) is 6.75. The molecule has 156 valence electrons. The van der Waals surface area contributed by atoms with Crippen molar-refractivity contribution in [3.8, 4) is 5.75 Å². The van der Waals surface area contributed by atoms with Crippen molar-refractivity contribution < 1.29 is 18.7 Å². The van der Waals surface area contributed by atoms with E-state index in [1.165, 1.54) is 7.11 Å². The zero-order chi connectivity index (χ0) is 21.8. The third-order valence-corrected chi connectivity index (χ3v) is 5.03. The number of anilines is 2. The third kappa shape index (κ3) is 4.39. The van der Waals surface area contributed by atoms with E-state index in [1.807, 2.05) is 36.4 Å². The summed E-state index contributed by atoms with van der Waals surface area (Å²) in [5.41, 5.74) is 2.07. The Kier molecular flexibility index (Phi) is 5.91. The summed E-state index contributed by atoms with van der Waals surface area (Å²) in [5, 5.41) is 6.94. The summed E-state index contributed by atoms with van der Waals surface area (Å²) >= 11 is 6.13. The molecule has 0 unspecified atom stereocenters. The van der Waals surface area contributed by atoms with Gasteiger partial charge >= 0.3 is 0 Å². The number of fused-ring (bicyclic) bond motifs is 1. The van der Waals surface area contributed by atoms with Crippen LogP contribution in [0.3, 0.4) is 0 Å². The van der Waals surface area contributed by atoms with Gasteiger partial charge in [-0.2, -0.15) is 0 Å². The van der Waals surface area contributed by atoms with Gasteiger partial charge in [-0.05, 0) is 42.5 Å². The molecule has 0 aliphatic rings. The predicted octanol–water partition coefficient (Wildman–Crippen LogP) is 5.64. The highest BCUT2D eigenvalue weighted by molar-refractivity contribution is 6.32. The van der Waals surface area contributed by atoms with Gasteiger partial charge < -0.3 is 19.8 Å². The molecule has 0 radical (unpaired) electrons. The van der Waals surface area contributed by atoms with Gasteiger partial charge in [-0.1, -0.05) is 41.9 Å². The van der Waals surface area contributed by atoms with Gasteiger partial charge in [0.25, 0.3) is 5.91 Å². The van der Waals surface area contributed by atoms with Crippen LogP contribution in [0.2, 0.25) is 5.02 Å². The van der Waals surface area contributed by atoms with Gasteiger partial charge in [0, 0.05) is 16.6 Å². The van der Waals surface area contributed by atoms with Crippen molar-refractivity contribution >= 4 is 45.6 Å². The van der Waals surface area contributed by atoms with Crippen LogP contribution >= 0.6 is 11.6 Å². The van der Waals surface area contributed by atoms with Crippen LogP contribution in [-0.2, 0) is 0 Å². The Hall–Kier alpha value is -3.77. The maximum absolute atomic E-state index is 12.9. The fourth-order valence-corrected chi connectivity index (χ4v) is 3.46. The molecule has 1 amide bonds. The van der Waals surface area contributed by atoms with Gasteiger partial charge in [0.2, 0.25) is 5.76 Å². The number of furan rings is 1. The average Bonchev–Trinajstić information content (AvgIpc) is 3.17. The molecule has 0 atom stereocenters. The lowest BCUT2D eigenvalue weighted by atomic mass is 10.1. The Balaban J connectivity index is 1.59. The summed E-state index contributed by atoms with van der Waals surface area (Å²) < 4.78 is 10.9. The van der Waals surface area contributed by atoms with Crippen molar-refractivity contribution in [2.75, 3.05) is 24.3 Å². The van der Waals surface area contributed by atoms with Crippen LogP contribution in [-0.4, -0.2) is 25.3 Å². The summed E-state index contributed by atoms with van der Waals surface area (Å²) in [6.07, 6.45) is 0. The number of nitrogens with one attached hydrogen (secondary N) is 2. The molecule has 0 aliphatic heterocycles. The average molecular weight is 435 g/mol. The number of halogens is 1. The Morgan fingerprint density at radius 3 is 2.48 bits per heavy atom. The number of hydrogen-bond donors (Lipinski definition) is 2. The molecule has 1 aromatic heterocycles. The number of para-hydroxylation sites is 2. The quantitative estimate of drug-likeness (QED) is 0.368. The normalized spacial score (nSPS) is 10.6. The lowest BCUT2D eigenvalue weighted by molar-refractivity contribution is 0.0991. The smallest absolute Gasteiger partial charge is 0.293 e. The second kappa shape index (κ2) is 8.93. The number of benzene rings is 3. The van der Waals surface area contributed by atoms with E-state index < -0.39 is 5.91 Å². The number of carbonyl (C=O) groups excluding carboxylic acids is 2. The van der Waals surface area contributed by atoms with Gasteiger partial charge in [-0.25, -0.2) is 0 Å². The summed E-state index contributed by atoms with van der Waals surface area (Å²) in [7, 11) is 1.51. The Bertz CT molecular complexity index is 1250. The van der Waals surface area contributed by atoms with Gasteiger partial charge in [0.15, 0.2) is 5.78 Å². The first-order valence-electron chi connectivity index (χ1n) is 9.55. The lowest BCUT2D eigenvalue weighted by Gasteiger charge is -2.09. The summed E-state index contributed by atoms with van der Waals surface area (Å²) in [5.74, 6) is -0.00779. The van der Waals surface area contributed by atoms with Gasteiger partial charge in [0.1, 0.15) is 11.3 Å². The van der Waals surface area contributed by atoms with Crippen molar-refractivity contribution in [2.24, 2.45) is 0 Å². The molecule has 6 nitrogen and oxygen atoms in total. The largest absolute Gasteiger partial charge is 0.495 e. The molecule has 31 heavy (non-hydrogen) atoms. The molecule has 0 aliphatic carbocycles. The molecule has 0 saturated heterocycles. The number of rotatable bonds is 7. The van der Waals surface area contributed by atoms with Crippen LogP contribution < -0.4 is 15.4 Å². The summed E-state index contributed by atoms with van der Waals surface area (Å²) in [4.78, 5) is 25.6. The molecule has 1 heterocycles. The molecule has 4 aromatic rings. The highest BCUT2D eigenvalue weighted by atomic mass is 35.5. The fourth-order valence-electron chi connectivity index (χ4n) is 3.20. The molecule has 0 fully saturated rings. The SMILES string of the molecule is COc1ccc(C(=O)CNc2c(C(=O)Nc3ccccc3)oc3ccccc23)cc1Cl. The van der Waals surface area contributed by atoms with Crippen LogP contribution in [0, 0.1) is 0 Å². The van der Waals surface area contributed by atoms with Gasteiger partial charge in [-0.15, -0.1) is 0 Å². The van der Waals surface area contributed by atoms with Crippen molar-refractivity contribution in [3.05, 3.63) is 89.1 Å². The number of amides is 1. The van der Waals surface area contributed by atoms with Crippen molar-refractivity contribution in [2.45, 2.75) is 0 Å². The zero-order valence-electron chi connectivity index (χ0n) is 16.6. The van der Waals surface area contributed by atoms with Crippen LogP contribution in [0.15, 0.2) is 77.2 Å². The van der Waals surface area contributed by atoms with Crippen LogP contribution in [0.25, 0.3) is 11.0 Å². The Morgan fingerprint density at radius 2 is 1.74 bits per heavy atom. The van der Waals surface area contributed by atoms with Gasteiger partial charge in [-0.3, -0.25) is 9.59 Å². The van der Waals surface area contributed by atoms with E-state index in [-0.39, 0.29) is 18.1 Å². The van der Waals surface area contributed by atoms with Crippen molar-refractivity contribution in [3.63, 3.8) is 0 Å². The molecular weight excluding hydrogens is 416 g/mol. The molecule has 0 spiro atoms. The van der Waals surface area contributed by atoms with E-state index in [4.69, 9.17) is 20.8 Å². The molecule has 4 rings (SSSR count). The first-order chi connectivity index (χ1) is 15.1. The number of Topliss-reactive ketones (excluding diaryl/α,β-unsaturated/α-hetero) is 1. The number of methoxy groups -OCH3 is 1. The third-order valence-electron chi connectivity index (χ3n) is 4.73. The first-order valence-corrected chi connectivity index (χ1v) is 9.93. The standard InChI is InChI=1S/C24H19ClN2O4/c1-30-21-12-11-15(13-18(21)25)19(28)14-26-22-17-9-5-6-10-20(17)31-23(22)24(29)27-16-7-3-2-4-8-16/h2-13,26H,14H2,1H3,(H,27,29). The number of ketones is 1. The molecular formula is C24H19ClN2O4. The molecule has 0 saturated carbocycles. The van der Waals surface area contributed by atoms with Crippen LogP contribution in [0.4, 0.5) is 11.4 Å². The van der Waals surface area contributed by atoms with Crippen LogP contribution in [0.1, 0.15) is 20.9 Å². The maximum Gasteiger partial charge on any atom is 0.293 e. The monoisotopic (exact) mass is 434 g/mol. The maximum atomic E-state index is 12.9. The number of carbonyl (C=O) groups is 2. The predicted molar refractivity (Wildman–Crippen MR) is 121 cm³/mol. The van der Waals surface area contributed by atoms with Gasteiger partial charge in [0.05, 0.1) is 24.4 Å². The Labute approximate surface area is 183 Å². The summed E-state index contributed by atoms with van der Waals surface area (Å²) in [6, 6.07) is 21.2. The molecule has 7 heteroatoms. The fraction of sp³-hybridized carbons (Fsp3) is 0.0833. The zero-order valence-corrected chi connectivity index (χ0v) is 17.4.